The van der Waals surface area contributed by atoms with E-state index in [4.69, 9.17) is 4.84 Å². The fourth-order valence-electron chi connectivity index (χ4n) is 4.50. The van der Waals surface area contributed by atoms with Crippen molar-refractivity contribution in [1.82, 2.24) is 0 Å². The Labute approximate surface area is 190 Å². The highest BCUT2D eigenvalue weighted by Crippen LogP contribution is 2.48. The molecule has 0 saturated carbocycles. The Kier molecular flexibility index (Phi) is 5.14. The molecule has 166 valence electrons. The standard InChI is InChI=1S/C25H21N3O5/c1-2-16-11-13-17(14-12-16)22-21-23(25(30)26(24(21)29)18-7-4-3-5-8-18)33-27(22)19-9-6-10-20(15-19)28(31)32/h3-15,21-23H,2H2,1H3/t21-,22+,23-/m1/s1. The molecule has 2 heterocycles. The van der Waals surface area contributed by atoms with Gasteiger partial charge >= 0.3 is 0 Å². The summed E-state index contributed by atoms with van der Waals surface area (Å²) in [5.41, 5.74) is 2.73. The van der Waals surface area contributed by atoms with Crippen molar-refractivity contribution < 1.29 is 19.3 Å². The number of anilines is 2. The molecular weight excluding hydrogens is 422 g/mol. The second-order valence-corrected chi connectivity index (χ2v) is 8.04. The van der Waals surface area contributed by atoms with Crippen LogP contribution in [0, 0.1) is 16.0 Å². The number of non-ortho nitro benzene ring substituents is 1. The molecule has 33 heavy (non-hydrogen) atoms. The fourth-order valence-corrected chi connectivity index (χ4v) is 4.50. The average molecular weight is 443 g/mol. The topological polar surface area (TPSA) is 93.0 Å². The molecule has 0 unspecified atom stereocenters. The molecule has 0 aromatic heterocycles. The summed E-state index contributed by atoms with van der Waals surface area (Å²) in [5.74, 6) is -1.59. The highest BCUT2D eigenvalue weighted by Gasteiger charge is 2.60. The monoisotopic (exact) mass is 443 g/mol. The van der Waals surface area contributed by atoms with Gasteiger partial charge in [0.15, 0.2) is 6.10 Å². The van der Waals surface area contributed by atoms with E-state index in [1.165, 1.54) is 22.1 Å². The minimum atomic E-state index is -1.02. The quantitative estimate of drug-likeness (QED) is 0.333. The summed E-state index contributed by atoms with van der Waals surface area (Å²) in [6.45, 7) is 2.05. The number of aryl methyl sites for hydroxylation is 1. The third-order valence-electron chi connectivity index (χ3n) is 6.15. The molecule has 0 spiro atoms. The Hall–Kier alpha value is -4.04. The summed E-state index contributed by atoms with van der Waals surface area (Å²) in [6, 6.07) is 21.9. The second kappa shape index (κ2) is 8.14. The van der Waals surface area contributed by atoms with E-state index < -0.39 is 28.9 Å². The Morgan fingerprint density at radius 1 is 0.909 bits per heavy atom. The molecule has 3 aromatic carbocycles. The lowest BCUT2D eigenvalue weighted by molar-refractivity contribution is -0.384. The number of nitro benzene ring substituents is 1. The minimum absolute atomic E-state index is 0.100. The number of hydroxylamine groups is 1. The van der Waals surface area contributed by atoms with Gasteiger partial charge in [0.2, 0.25) is 5.91 Å². The zero-order valence-electron chi connectivity index (χ0n) is 17.8. The van der Waals surface area contributed by atoms with E-state index in [9.17, 15) is 19.7 Å². The first-order valence-corrected chi connectivity index (χ1v) is 10.7. The van der Waals surface area contributed by atoms with Crippen molar-refractivity contribution in [3.05, 3.63) is 100 Å². The van der Waals surface area contributed by atoms with Gasteiger partial charge in [-0.3, -0.25) is 24.5 Å². The van der Waals surface area contributed by atoms with Crippen LogP contribution in [0.3, 0.4) is 0 Å². The molecule has 2 fully saturated rings. The van der Waals surface area contributed by atoms with Gasteiger partial charge in [0.05, 0.1) is 22.3 Å². The van der Waals surface area contributed by atoms with Crippen LogP contribution in [0.2, 0.25) is 0 Å². The molecule has 2 saturated heterocycles. The molecule has 0 aliphatic carbocycles. The van der Waals surface area contributed by atoms with E-state index in [0.717, 1.165) is 17.5 Å². The van der Waals surface area contributed by atoms with Gasteiger partial charge in [-0.2, -0.15) is 0 Å². The first kappa shape index (κ1) is 20.8. The number of nitrogens with zero attached hydrogens (tertiary/aromatic N) is 3. The third kappa shape index (κ3) is 3.44. The van der Waals surface area contributed by atoms with Crippen LogP contribution < -0.4 is 9.96 Å². The van der Waals surface area contributed by atoms with Gasteiger partial charge in [-0.05, 0) is 35.7 Å². The van der Waals surface area contributed by atoms with Crippen molar-refractivity contribution in [2.24, 2.45) is 5.92 Å². The summed E-state index contributed by atoms with van der Waals surface area (Å²) in [5, 5.41) is 12.8. The maximum absolute atomic E-state index is 13.5. The van der Waals surface area contributed by atoms with Crippen LogP contribution in [0.15, 0.2) is 78.9 Å². The van der Waals surface area contributed by atoms with Crippen molar-refractivity contribution in [1.29, 1.82) is 0 Å². The zero-order valence-corrected chi connectivity index (χ0v) is 17.8. The zero-order chi connectivity index (χ0) is 23.1. The first-order chi connectivity index (χ1) is 16.0. The summed E-state index contributed by atoms with van der Waals surface area (Å²) >= 11 is 0. The van der Waals surface area contributed by atoms with Gasteiger partial charge in [0, 0.05) is 12.1 Å². The SMILES string of the molecule is CCc1ccc([C@H]2[C@H]3C(=O)N(c4ccccc4)C(=O)[C@@H]3ON2c2cccc([N+](=O)[O-])c2)cc1. The molecule has 0 radical (unpaired) electrons. The number of fused-ring (bicyclic) bond motifs is 1. The Balaban J connectivity index is 1.59. The predicted octanol–water partition coefficient (Wildman–Crippen LogP) is 4.21. The molecule has 2 amide bonds. The normalized spacial score (nSPS) is 22.0. The Bertz CT molecular complexity index is 1230. The number of carbonyl (C=O) groups is 2. The van der Waals surface area contributed by atoms with Crippen molar-refractivity contribution in [3.63, 3.8) is 0 Å². The lowest BCUT2D eigenvalue weighted by Gasteiger charge is -2.28. The highest BCUT2D eigenvalue weighted by molar-refractivity contribution is 6.23. The minimum Gasteiger partial charge on any atom is -0.273 e. The van der Waals surface area contributed by atoms with Crippen LogP contribution in [-0.4, -0.2) is 22.8 Å². The maximum atomic E-state index is 13.5. The maximum Gasteiger partial charge on any atom is 0.271 e. The molecular formula is C25H21N3O5. The number of para-hydroxylation sites is 1. The van der Waals surface area contributed by atoms with Crippen LogP contribution in [-0.2, 0) is 20.8 Å². The van der Waals surface area contributed by atoms with Gasteiger partial charge in [-0.1, -0.05) is 55.5 Å². The van der Waals surface area contributed by atoms with E-state index >= 15 is 0 Å². The molecule has 3 atom stereocenters. The highest BCUT2D eigenvalue weighted by atomic mass is 16.7. The predicted molar refractivity (Wildman–Crippen MR) is 121 cm³/mol. The lowest BCUT2D eigenvalue weighted by Crippen LogP contribution is -2.37. The smallest absolute Gasteiger partial charge is 0.271 e. The van der Waals surface area contributed by atoms with Gasteiger partial charge in [-0.25, -0.2) is 9.96 Å². The first-order valence-electron chi connectivity index (χ1n) is 10.7. The van der Waals surface area contributed by atoms with E-state index in [1.807, 2.05) is 30.3 Å². The average Bonchev–Trinajstić information content (AvgIpc) is 3.35. The number of hydrogen-bond acceptors (Lipinski definition) is 6. The number of carbonyl (C=O) groups excluding carboxylic acids is 2. The Morgan fingerprint density at radius 2 is 1.61 bits per heavy atom. The van der Waals surface area contributed by atoms with E-state index in [0.29, 0.717) is 11.4 Å². The second-order valence-electron chi connectivity index (χ2n) is 8.04. The van der Waals surface area contributed by atoms with Crippen LogP contribution >= 0.6 is 0 Å². The fraction of sp³-hybridized carbons (Fsp3) is 0.200. The van der Waals surface area contributed by atoms with Gasteiger partial charge in [-0.15, -0.1) is 0 Å². The van der Waals surface area contributed by atoms with Crippen molar-refractivity contribution in [2.45, 2.75) is 25.5 Å². The molecule has 3 aromatic rings. The van der Waals surface area contributed by atoms with Gasteiger partial charge < -0.3 is 0 Å². The number of nitro groups is 1. The van der Waals surface area contributed by atoms with E-state index in [2.05, 4.69) is 6.92 Å². The number of amides is 2. The van der Waals surface area contributed by atoms with Gasteiger partial charge in [0.25, 0.3) is 11.6 Å². The van der Waals surface area contributed by atoms with Crippen molar-refractivity contribution >= 4 is 28.9 Å². The van der Waals surface area contributed by atoms with E-state index in [-0.39, 0.29) is 11.6 Å². The molecule has 8 heteroatoms. The van der Waals surface area contributed by atoms with Crippen LogP contribution in [0.25, 0.3) is 0 Å². The molecule has 0 bridgehead atoms. The summed E-state index contributed by atoms with van der Waals surface area (Å²) in [7, 11) is 0. The molecule has 5 rings (SSSR count). The number of imide groups is 1. The lowest BCUT2D eigenvalue weighted by atomic mass is 9.90. The van der Waals surface area contributed by atoms with E-state index in [1.54, 1.807) is 36.4 Å². The van der Waals surface area contributed by atoms with Crippen LogP contribution in [0.4, 0.5) is 17.1 Å². The molecule has 8 nitrogen and oxygen atoms in total. The van der Waals surface area contributed by atoms with Crippen molar-refractivity contribution in [2.75, 3.05) is 9.96 Å². The van der Waals surface area contributed by atoms with Crippen LogP contribution in [0.1, 0.15) is 24.1 Å². The third-order valence-corrected chi connectivity index (χ3v) is 6.15. The molecule has 2 aliphatic rings. The number of rotatable bonds is 5. The number of benzene rings is 3. The Morgan fingerprint density at radius 3 is 2.27 bits per heavy atom. The summed E-state index contributed by atoms with van der Waals surface area (Å²) in [4.78, 5) is 44.9. The summed E-state index contributed by atoms with van der Waals surface area (Å²) < 4.78 is 0. The molecule has 0 N–H and O–H groups in total. The van der Waals surface area contributed by atoms with Crippen LogP contribution in [0.5, 0.6) is 0 Å². The number of hydrogen-bond donors (Lipinski definition) is 0. The van der Waals surface area contributed by atoms with Gasteiger partial charge in [0.1, 0.15) is 5.92 Å². The largest absolute Gasteiger partial charge is 0.273 e. The van der Waals surface area contributed by atoms with Crippen molar-refractivity contribution in [3.8, 4) is 0 Å². The summed E-state index contributed by atoms with van der Waals surface area (Å²) in [6.07, 6.45) is -0.158. The molecule has 2 aliphatic heterocycles.